The van der Waals surface area contributed by atoms with Gasteiger partial charge in [0.1, 0.15) is 5.82 Å². The normalized spacial score (nSPS) is 17.8. The van der Waals surface area contributed by atoms with Crippen molar-refractivity contribution in [3.63, 3.8) is 0 Å². The van der Waals surface area contributed by atoms with Gasteiger partial charge in [-0.25, -0.2) is 4.98 Å². The molecule has 1 fully saturated rings. The predicted molar refractivity (Wildman–Crippen MR) is 91.8 cm³/mol. The number of fused-ring (bicyclic) bond motifs is 1. The largest absolute Gasteiger partial charge is 0.368 e. The van der Waals surface area contributed by atoms with E-state index in [-0.39, 0.29) is 0 Å². The van der Waals surface area contributed by atoms with Crippen LogP contribution in [0.1, 0.15) is 32.1 Å². The summed E-state index contributed by atoms with van der Waals surface area (Å²) in [6, 6.07) is 8.01. The summed E-state index contributed by atoms with van der Waals surface area (Å²) in [5.74, 6) is 1.19. The van der Waals surface area contributed by atoms with Gasteiger partial charge in [-0.05, 0) is 31.2 Å². The molecule has 0 spiro atoms. The third kappa shape index (κ3) is 3.07. The molecule has 3 rings (SSSR count). The van der Waals surface area contributed by atoms with Gasteiger partial charge in [-0.15, -0.1) is 0 Å². The van der Waals surface area contributed by atoms with E-state index in [2.05, 4.69) is 21.5 Å². The van der Waals surface area contributed by atoms with Gasteiger partial charge in [0.15, 0.2) is 0 Å². The van der Waals surface area contributed by atoms with E-state index < -0.39 is 0 Å². The second kappa shape index (κ2) is 6.10. The first-order chi connectivity index (χ1) is 10.2. The van der Waals surface area contributed by atoms with Gasteiger partial charge < -0.3 is 11.1 Å². The van der Waals surface area contributed by atoms with Gasteiger partial charge in [-0.2, -0.15) is 16.7 Å². The first-order valence-electron chi connectivity index (χ1n) is 7.54. The van der Waals surface area contributed by atoms with E-state index in [1.54, 1.807) is 0 Å². The van der Waals surface area contributed by atoms with Crippen LogP contribution in [0, 0.1) is 0 Å². The standard InChI is InChI=1S/C16H22N4S/c1-21-16(9-5-2-6-10-16)11-18-14-12-7-3-4-8-13(12)19-15(17)20-14/h3-4,7-8H,2,5-6,9-11H2,1H3,(H3,17,18,19,20). The highest BCUT2D eigenvalue weighted by atomic mass is 32.2. The molecule has 0 aliphatic heterocycles. The zero-order valence-corrected chi connectivity index (χ0v) is 13.2. The lowest BCUT2D eigenvalue weighted by Gasteiger charge is -2.36. The summed E-state index contributed by atoms with van der Waals surface area (Å²) in [4.78, 5) is 8.69. The molecule has 0 atom stereocenters. The summed E-state index contributed by atoms with van der Waals surface area (Å²) < 4.78 is 0.332. The molecule has 21 heavy (non-hydrogen) atoms. The number of nitrogens with zero attached hydrogens (tertiary/aromatic N) is 2. The SMILES string of the molecule is CSC1(CNc2nc(N)nc3ccccc23)CCCCC1. The van der Waals surface area contributed by atoms with Gasteiger partial charge in [-0.3, -0.25) is 0 Å². The molecule has 5 heteroatoms. The summed E-state index contributed by atoms with van der Waals surface area (Å²) in [6.07, 6.45) is 8.80. The molecule has 2 aromatic rings. The van der Waals surface area contributed by atoms with Gasteiger partial charge in [-0.1, -0.05) is 31.4 Å². The summed E-state index contributed by atoms with van der Waals surface area (Å²) in [6.45, 7) is 0.939. The van der Waals surface area contributed by atoms with Crippen molar-refractivity contribution in [3.05, 3.63) is 24.3 Å². The fraction of sp³-hybridized carbons (Fsp3) is 0.500. The molecule has 1 aromatic heterocycles. The summed E-state index contributed by atoms with van der Waals surface area (Å²) in [7, 11) is 0. The number of hydrogen-bond donors (Lipinski definition) is 2. The molecular weight excluding hydrogens is 280 g/mol. The van der Waals surface area contributed by atoms with Crippen LogP contribution in [-0.4, -0.2) is 27.5 Å². The van der Waals surface area contributed by atoms with Gasteiger partial charge in [0.05, 0.1) is 5.52 Å². The summed E-state index contributed by atoms with van der Waals surface area (Å²) in [5, 5.41) is 4.58. The lowest BCUT2D eigenvalue weighted by molar-refractivity contribution is 0.411. The van der Waals surface area contributed by atoms with Crippen molar-refractivity contribution >= 4 is 34.4 Å². The Morgan fingerprint density at radius 3 is 2.71 bits per heavy atom. The highest BCUT2D eigenvalue weighted by Crippen LogP contribution is 2.38. The number of benzene rings is 1. The lowest BCUT2D eigenvalue weighted by atomic mass is 9.88. The number of nitrogens with two attached hydrogens (primary N) is 1. The van der Waals surface area contributed by atoms with Crippen LogP contribution in [0.2, 0.25) is 0 Å². The molecule has 0 radical (unpaired) electrons. The van der Waals surface area contributed by atoms with Crippen LogP contribution in [-0.2, 0) is 0 Å². The zero-order valence-electron chi connectivity index (χ0n) is 12.4. The van der Waals surface area contributed by atoms with E-state index in [1.165, 1.54) is 32.1 Å². The molecule has 1 aliphatic carbocycles. The lowest BCUT2D eigenvalue weighted by Crippen LogP contribution is -2.35. The van der Waals surface area contributed by atoms with Crippen LogP contribution >= 0.6 is 11.8 Å². The number of thioether (sulfide) groups is 1. The minimum Gasteiger partial charge on any atom is -0.368 e. The average molecular weight is 302 g/mol. The fourth-order valence-electron chi connectivity index (χ4n) is 3.12. The van der Waals surface area contributed by atoms with Gasteiger partial charge in [0.25, 0.3) is 0 Å². The maximum Gasteiger partial charge on any atom is 0.222 e. The number of hydrogen-bond acceptors (Lipinski definition) is 5. The van der Waals surface area contributed by atoms with Crippen LogP contribution in [0.15, 0.2) is 24.3 Å². The molecular formula is C16H22N4S. The highest BCUT2D eigenvalue weighted by Gasteiger charge is 2.31. The second-order valence-corrected chi connectivity index (χ2v) is 7.02. The first kappa shape index (κ1) is 14.4. The Morgan fingerprint density at radius 1 is 1.19 bits per heavy atom. The van der Waals surface area contributed by atoms with Crippen LogP contribution in [0.5, 0.6) is 0 Å². The molecule has 0 saturated heterocycles. The van der Waals surface area contributed by atoms with E-state index in [1.807, 2.05) is 36.0 Å². The Kier molecular flexibility index (Phi) is 4.19. The van der Waals surface area contributed by atoms with Crippen molar-refractivity contribution in [2.45, 2.75) is 36.9 Å². The van der Waals surface area contributed by atoms with E-state index in [0.717, 1.165) is 23.3 Å². The molecule has 112 valence electrons. The molecule has 0 unspecified atom stereocenters. The van der Waals surface area contributed by atoms with Crippen LogP contribution in [0.4, 0.5) is 11.8 Å². The van der Waals surface area contributed by atoms with Crippen molar-refractivity contribution in [1.29, 1.82) is 0 Å². The van der Waals surface area contributed by atoms with Crippen molar-refractivity contribution < 1.29 is 0 Å². The van der Waals surface area contributed by atoms with Gasteiger partial charge in [0, 0.05) is 16.7 Å². The maximum atomic E-state index is 5.83. The topological polar surface area (TPSA) is 63.8 Å². The summed E-state index contributed by atoms with van der Waals surface area (Å²) in [5.41, 5.74) is 6.73. The first-order valence-corrected chi connectivity index (χ1v) is 8.76. The molecule has 4 nitrogen and oxygen atoms in total. The Bertz CT molecular complexity index is 623. The van der Waals surface area contributed by atoms with Crippen molar-refractivity contribution in [1.82, 2.24) is 9.97 Å². The number of rotatable bonds is 4. The molecule has 3 N–H and O–H groups in total. The third-order valence-corrected chi connectivity index (χ3v) is 5.81. The van der Waals surface area contributed by atoms with Crippen LogP contribution < -0.4 is 11.1 Å². The molecule has 1 aromatic carbocycles. The average Bonchev–Trinajstić information content (AvgIpc) is 2.53. The van der Waals surface area contributed by atoms with E-state index >= 15 is 0 Å². The predicted octanol–water partition coefficient (Wildman–Crippen LogP) is 3.69. The monoisotopic (exact) mass is 302 g/mol. The minimum atomic E-state index is 0.332. The second-order valence-electron chi connectivity index (χ2n) is 5.75. The van der Waals surface area contributed by atoms with Crippen LogP contribution in [0.3, 0.4) is 0 Å². The van der Waals surface area contributed by atoms with Crippen molar-refractivity contribution in [3.8, 4) is 0 Å². The quantitative estimate of drug-likeness (QED) is 0.902. The maximum absolute atomic E-state index is 5.83. The van der Waals surface area contributed by atoms with Gasteiger partial charge in [0.2, 0.25) is 5.95 Å². The van der Waals surface area contributed by atoms with E-state index in [4.69, 9.17) is 5.73 Å². The molecule has 1 saturated carbocycles. The van der Waals surface area contributed by atoms with E-state index in [0.29, 0.717) is 10.7 Å². The molecule has 0 bridgehead atoms. The summed E-state index contributed by atoms with van der Waals surface area (Å²) >= 11 is 1.98. The van der Waals surface area contributed by atoms with Crippen LogP contribution in [0.25, 0.3) is 10.9 Å². The Balaban J connectivity index is 1.84. The number of nitrogen functional groups attached to an aromatic ring is 1. The smallest absolute Gasteiger partial charge is 0.222 e. The Hall–Kier alpha value is -1.49. The number of anilines is 2. The minimum absolute atomic E-state index is 0.332. The fourth-order valence-corrected chi connectivity index (χ4v) is 4.04. The Labute approximate surface area is 129 Å². The number of para-hydroxylation sites is 1. The molecule has 1 aliphatic rings. The van der Waals surface area contributed by atoms with E-state index in [9.17, 15) is 0 Å². The third-order valence-electron chi connectivity index (χ3n) is 4.40. The zero-order chi connectivity index (χ0) is 14.7. The molecule has 1 heterocycles. The number of nitrogens with one attached hydrogen (secondary N) is 1. The van der Waals surface area contributed by atoms with Crippen molar-refractivity contribution in [2.75, 3.05) is 23.9 Å². The van der Waals surface area contributed by atoms with Gasteiger partial charge >= 0.3 is 0 Å². The number of aromatic nitrogens is 2. The Morgan fingerprint density at radius 2 is 1.95 bits per heavy atom. The highest BCUT2D eigenvalue weighted by molar-refractivity contribution is 8.00. The molecule has 0 amide bonds. The van der Waals surface area contributed by atoms with Crippen molar-refractivity contribution in [2.24, 2.45) is 0 Å².